The van der Waals surface area contributed by atoms with Gasteiger partial charge in [-0.1, -0.05) is 0 Å². The van der Waals surface area contributed by atoms with Crippen LogP contribution in [0.1, 0.15) is 68.2 Å². The van der Waals surface area contributed by atoms with Gasteiger partial charge in [-0.25, -0.2) is 4.79 Å². The number of carbonyl (C=O) groups is 1. The molecule has 0 radical (unpaired) electrons. The van der Waals surface area contributed by atoms with E-state index in [1.165, 1.54) is 0 Å². The number of hydrogen-bond acceptors (Lipinski definition) is 4. The minimum absolute atomic E-state index is 0.0763. The van der Waals surface area contributed by atoms with E-state index in [1.54, 1.807) is 4.90 Å². The standard InChI is InChI=1S/C18H36N2O3/c1-9-20(15(21)22-16(2,3)4)12-10-11-19-14-13-17(5,6)23-18(14,7)8/h14,19H,9-13H2,1-8H3. The Balaban J connectivity index is 2.37. The van der Waals surface area contributed by atoms with Gasteiger partial charge in [0.2, 0.25) is 0 Å². The van der Waals surface area contributed by atoms with Gasteiger partial charge in [-0.3, -0.25) is 0 Å². The van der Waals surface area contributed by atoms with Crippen molar-refractivity contribution in [3.8, 4) is 0 Å². The Labute approximate surface area is 142 Å². The van der Waals surface area contributed by atoms with Gasteiger partial charge in [0.25, 0.3) is 0 Å². The third kappa shape index (κ3) is 6.68. The molecule has 23 heavy (non-hydrogen) atoms. The average molecular weight is 328 g/mol. The Morgan fingerprint density at radius 3 is 2.35 bits per heavy atom. The first-order valence-electron chi connectivity index (χ1n) is 8.78. The Kier molecular flexibility index (Phi) is 6.50. The fourth-order valence-corrected chi connectivity index (χ4v) is 3.13. The van der Waals surface area contributed by atoms with E-state index in [0.29, 0.717) is 19.1 Å². The van der Waals surface area contributed by atoms with Gasteiger partial charge >= 0.3 is 6.09 Å². The summed E-state index contributed by atoms with van der Waals surface area (Å²) < 4.78 is 11.5. The second-order valence-corrected chi connectivity index (χ2v) is 8.59. The maximum Gasteiger partial charge on any atom is 0.410 e. The van der Waals surface area contributed by atoms with Crippen LogP contribution in [-0.2, 0) is 9.47 Å². The van der Waals surface area contributed by atoms with Gasteiger partial charge in [0, 0.05) is 19.1 Å². The fraction of sp³-hybridized carbons (Fsp3) is 0.944. The van der Waals surface area contributed by atoms with Crippen LogP contribution in [0.5, 0.6) is 0 Å². The first-order valence-corrected chi connectivity index (χ1v) is 8.78. The maximum absolute atomic E-state index is 12.1. The SMILES string of the molecule is CCN(CCCNC1CC(C)(C)OC1(C)C)C(=O)OC(C)(C)C. The maximum atomic E-state index is 12.1. The molecule has 0 saturated carbocycles. The van der Waals surface area contributed by atoms with Crippen molar-refractivity contribution in [3.05, 3.63) is 0 Å². The first kappa shape index (κ1) is 20.2. The summed E-state index contributed by atoms with van der Waals surface area (Å²) in [4.78, 5) is 13.8. The van der Waals surface area contributed by atoms with E-state index in [-0.39, 0.29) is 17.3 Å². The van der Waals surface area contributed by atoms with Crippen LogP contribution in [0.25, 0.3) is 0 Å². The lowest BCUT2D eigenvalue weighted by Gasteiger charge is -2.29. The molecule has 0 aromatic rings. The highest BCUT2D eigenvalue weighted by Crippen LogP contribution is 2.37. The van der Waals surface area contributed by atoms with Crippen molar-refractivity contribution in [1.82, 2.24) is 10.2 Å². The summed E-state index contributed by atoms with van der Waals surface area (Å²) in [5.74, 6) is 0. The predicted octanol–water partition coefficient (Wildman–Crippen LogP) is 3.57. The Bertz CT molecular complexity index is 400. The highest BCUT2D eigenvalue weighted by Gasteiger charge is 2.45. The van der Waals surface area contributed by atoms with Crippen molar-refractivity contribution in [2.75, 3.05) is 19.6 Å². The third-order valence-electron chi connectivity index (χ3n) is 4.10. The molecule has 1 aliphatic heterocycles. The molecule has 1 atom stereocenters. The molecule has 1 amide bonds. The molecular weight excluding hydrogens is 292 g/mol. The molecule has 1 heterocycles. The lowest BCUT2D eigenvalue weighted by Crippen LogP contribution is -2.44. The lowest BCUT2D eigenvalue weighted by atomic mass is 9.94. The zero-order chi connectivity index (χ0) is 17.9. The summed E-state index contributed by atoms with van der Waals surface area (Å²) in [6, 6.07) is 0.342. The second-order valence-electron chi connectivity index (χ2n) is 8.59. The average Bonchev–Trinajstić information content (AvgIpc) is 2.54. The van der Waals surface area contributed by atoms with Crippen molar-refractivity contribution < 1.29 is 14.3 Å². The van der Waals surface area contributed by atoms with Gasteiger partial charge in [-0.2, -0.15) is 0 Å². The molecule has 136 valence electrons. The van der Waals surface area contributed by atoms with Gasteiger partial charge in [-0.15, -0.1) is 0 Å². The molecule has 1 saturated heterocycles. The van der Waals surface area contributed by atoms with Crippen LogP contribution in [0.15, 0.2) is 0 Å². The molecule has 0 spiro atoms. The molecule has 5 nitrogen and oxygen atoms in total. The third-order valence-corrected chi connectivity index (χ3v) is 4.10. The predicted molar refractivity (Wildman–Crippen MR) is 93.7 cm³/mol. The second kappa shape index (κ2) is 7.39. The molecule has 1 fully saturated rings. The molecule has 1 aliphatic rings. The molecular formula is C18H36N2O3. The summed E-state index contributed by atoms with van der Waals surface area (Å²) in [7, 11) is 0. The molecule has 1 rings (SSSR count). The van der Waals surface area contributed by atoms with E-state index in [4.69, 9.17) is 9.47 Å². The highest BCUT2D eigenvalue weighted by atomic mass is 16.6. The monoisotopic (exact) mass is 328 g/mol. The van der Waals surface area contributed by atoms with Crippen molar-refractivity contribution in [1.29, 1.82) is 0 Å². The first-order chi connectivity index (χ1) is 10.4. The van der Waals surface area contributed by atoms with E-state index in [2.05, 4.69) is 33.0 Å². The minimum Gasteiger partial charge on any atom is -0.444 e. The highest BCUT2D eigenvalue weighted by molar-refractivity contribution is 5.68. The Hall–Kier alpha value is -0.810. The van der Waals surface area contributed by atoms with Crippen LogP contribution in [0.3, 0.4) is 0 Å². The molecule has 1 N–H and O–H groups in total. The Morgan fingerprint density at radius 2 is 1.91 bits per heavy atom. The van der Waals surface area contributed by atoms with E-state index < -0.39 is 5.60 Å². The van der Waals surface area contributed by atoms with Crippen LogP contribution in [0, 0.1) is 0 Å². The normalized spacial score (nSPS) is 22.9. The van der Waals surface area contributed by atoms with Crippen LogP contribution >= 0.6 is 0 Å². The smallest absolute Gasteiger partial charge is 0.410 e. The van der Waals surface area contributed by atoms with Crippen LogP contribution in [0.4, 0.5) is 4.79 Å². The molecule has 1 unspecified atom stereocenters. The molecule has 0 aliphatic carbocycles. The summed E-state index contributed by atoms with van der Waals surface area (Å²) in [6.07, 6.45) is 1.68. The van der Waals surface area contributed by atoms with Crippen molar-refractivity contribution in [2.45, 2.75) is 91.1 Å². The number of amides is 1. The van der Waals surface area contributed by atoms with Crippen LogP contribution in [0.2, 0.25) is 0 Å². The molecule has 0 aromatic carbocycles. The molecule has 0 bridgehead atoms. The van der Waals surface area contributed by atoms with E-state index in [9.17, 15) is 4.79 Å². The van der Waals surface area contributed by atoms with Crippen molar-refractivity contribution >= 4 is 6.09 Å². The molecule has 5 heteroatoms. The molecule has 0 aromatic heterocycles. The largest absolute Gasteiger partial charge is 0.444 e. The number of hydrogen-bond donors (Lipinski definition) is 1. The van der Waals surface area contributed by atoms with E-state index in [0.717, 1.165) is 19.4 Å². The van der Waals surface area contributed by atoms with E-state index in [1.807, 2.05) is 27.7 Å². The van der Waals surface area contributed by atoms with Gasteiger partial charge in [-0.05, 0) is 74.8 Å². The van der Waals surface area contributed by atoms with Gasteiger partial charge in [0.15, 0.2) is 0 Å². The summed E-state index contributed by atoms with van der Waals surface area (Å²) in [5.41, 5.74) is -0.675. The summed E-state index contributed by atoms with van der Waals surface area (Å²) in [6.45, 7) is 18.4. The van der Waals surface area contributed by atoms with Gasteiger partial charge in [0.1, 0.15) is 5.60 Å². The number of ether oxygens (including phenoxy) is 2. The fourth-order valence-electron chi connectivity index (χ4n) is 3.13. The van der Waals surface area contributed by atoms with Crippen LogP contribution < -0.4 is 5.32 Å². The van der Waals surface area contributed by atoms with Crippen molar-refractivity contribution in [3.63, 3.8) is 0 Å². The number of carbonyl (C=O) groups excluding carboxylic acids is 1. The minimum atomic E-state index is -0.445. The topological polar surface area (TPSA) is 50.8 Å². The lowest BCUT2D eigenvalue weighted by molar-refractivity contribution is -0.0698. The van der Waals surface area contributed by atoms with Crippen LogP contribution in [-0.4, -0.2) is 53.5 Å². The zero-order valence-electron chi connectivity index (χ0n) is 16.3. The number of rotatable bonds is 6. The quantitative estimate of drug-likeness (QED) is 0.757. The Morgan fingerprint density at radius 1 is 1.30 bits per heavy atom. The van der Waals surface area contributed by atoms with Crippen molar-refractivity contribution in [2.24, 2.45) is 0 Å². The van der Waals surface area contributed by atoms with Gasteiger partial charge < -0.3 is 19.7 Å². The number of nitrogens with one attached hydrogen (secondary N) is 1. The summed E-state index contributed by atoms with van der Waals surface area (Å²) >= 11 is 0. The number of nitrogens with zero attached hydrogens (tertiary/aromatic N) is 1. The van der Waals surface area contributed by atoms with Gasteiger partial charge in [0.05, 0.1) is 11.2 Å². The summed E-state index contributed by atoms with van der Waals surface area (Å²) in [5, 5.41) is 3.59. The zero-order valence-corrected chi connectivity index (χ0v) is 16.3. The van der Waals surface area contributed by atoms with E-state index >= 15 is 0 Å².